The number of likely N-dealkylation sites (N-methyl/N-ethyl adjacent to an activating group) is 1. The minimum atomic E-state index is -0.0247. The maximum Gasteiger partial charge on any atom is 0.243 e. The lowest BCUT2D eigenvalue weighted by Gasteiger charge is -2.41. The van der Waals surface area contributed by atoms with Gasteiger partial charge in [-0.05, 0) is 27.2 Å². The van der Waals surface area contributed by atoms with E-state index in [0.29, 0.717) is 12.6 Å². The van der Waals surface area contributed by atoms with Crippen molar-refractivity contribution in [2.24, 2.45) is 4.99 Å². The van der Waals surface area contributed by atoms with Gasteiger partial charge in [-0.25, -0.2) is 4.99 Å². The van der Waals surface area contributed by atoms with Gasteiger partial charge in [0.2, 0.25) is 5.91 Å². The fraction of sp³-hybridized carbons (Fsp3) is 0.889. The van der Waals surface area contributed by atoms with E-state index in [2.05, 4.69) is 34.4 Å². The number of nitrogens with zero attached hydrogens (tertiary/aromatic N) is 3. The van der Waals surface area contributed by atoms with Gasteiger partial charge in [-0.3, -0.25) is 9.69 Å². The fourth-order valence-electron chi connectivity index (χ4n) is 2.57. The number of morpholine rings is 1. The largest absolute Gasteiger partial charge is 0.382 e. The van der Waals surface area contributed by atoms with E-state index in [1.54, 1.807) is 19.0 Å². The molecule has 0 atom stereocenters. The number of aliphatic imine (C=N–C) groups is 1. The molecular weight excluding hydrogens is 334 g/mol. The van der Waals surface area contributed by atoms with Gasteiger partial charge in [-0.1, -0.05) is 0 Å². The fourth-order valence-corrected chi connectivity index (χ4v) is 2.57. The third-order valence-electron chi connectivity index (χ3n) is 4.39. The second-order valence-corrected chi connectivity index (χ2v) is 7.20. The van der Waals surface area contributed by atoms with Gasteiger partial charge >= 0.3 is 0 Å². The van der Waals surface area contributed by atoms with Gasteiger partial charge in [0, 0.05) is 59.0 Å². The Balaban J connectivity index is 2.55. The van der Waals surface area contributed by atoms with Crippen LogP contribution in [0.3, 0.4) is 0 Å². The van der Waals surface area contributed by atoms with Crippen molar-refractivity contribution in [3.8, 4) is 0 Å². The van der Waals surface area contributed by atoms with Crippen molar-refractivity contribution in [1.82, 2.24) is 20.4 Å². The molecule has 0 radical (unpaired) electrons. The predicted molar refractivity (Wildman–Crippen MR) is 105 cm³/mol. The summed E-state index contributed by atoms with van der Waals surface area (Å²) in [5.74, 6) is 0.644. The van der Waals surface area contributed by atoms with Crippen LogP contribution in [0.15, 0.2) is 4.99 Å². The summed E-state index contributed by atoms with van der Waals surface area (Å²) in [6.07, 6.45) is 0.892. The molecule has 1 aliphatic rings. The molecule has 152 valence electrons. The molecule has 0 aliphatic carbocycles. The molecule has 0 aromatic rings. The van der Waals surface area contributed by atoms with E-state index < -0.39 is 0 Å². The second kappa shape index (κ2) is 12.1. The lowest BCUT2D eigenvalue weighted by atomic mass is 10.0. The first-order valence-electron chi connectivity index (χ1n) is 9.49. The number of guanidine groups is 1. The van der Waals surface area contributed by atoms with Crippen LogP contribution in [0.5, 0.6) is 0 Å². The van der Waals surface area contributed by atoms with Crippen molar-refractivity contribution in [2.45, 2.75) is 32.7 Å². The van der Waals surface area contributed by atoms with Crippen LogP contribution in [-0.2, 0) is 14.3 Å². The molecule has 26 heavy (non-hydrogen) atoms. The van der Waals surface area contributed by atoms with E-state index in [-0.39, 0.29) is 18.0 Å². The zero-order valence-electron chi connectivity index (χ0n) is 17.1. The van der Waals surface area contributed by atoms with E-state index >= 15 is 0 Å². The van der Waals surface area contributed by atoms with Crippen LogP contribution in [0.25, 0.3) is 0 Å². The van der Waals surface area contributed by atoms with Crippen LogP contribution < -0.4 is 10.6 Å². The van der Waals surface area contributed by atoms with Crippen LogP contribution in [-0.4, -0.2) is 100 Å². The minimum absolute atomic E-state index is 0.0205. The summed E-state index contributed by atoms with van der Waals surface area (Å²) in [6.45, 7) is 12.9. The molecule has 0 aromatic heterocycles. The average molecular weight is 372 g/mol. The number of carbonyl (C=O) groups is 1. The normalized spacial score (nSPS) is 16.4. The molecule has 1 aliphatic heterocycles. The maximum absolute atomic E-state index is 11.8. The Morgan fingerprint density at radius 2 is 1.96 bits per heavy atom. The molecule has 0 saturated carbocycles. The SMILES string of the molecule is CCOCCCNC(=NCC(=O)N(C)C)NCC(C)(C)N1CCOCC1. The predicted octanol–water partition coefficient (Wildman–Crippen LogP) is 0.147. The van der Waals surface area contributed by atoms with Gasteiger partial charge in [-0.15, -0.1) is 0 Å². The number of carbonyl (C=O) groups excluding carboxylic acids is 1. The van der Waals surface area contributed by atoms with Crippen LogP contribution in [0.1, 0.15) is 27.2 Å². The molecule has 1 saturated heterocycles. The van der Waals surface area contributed by atoms with Crippen molar-refractivity contribution in [3.63, 3.8) is 0 Å². The minimum Gasteiger partial charge on any atom is -0.382 e. The van der Waals surface area contributed by atoms with Crippen LogP contribution in [0.4, 0.5) is 0 Å². The number of ether oxygens (including phenoxy) is 2. The number of hydrogen-bond acceptors (Lipinski definition) is 5. The van der Waals surface area contributed by atoms with Crippen molar-refractivity contribution < 1.29 is 14.3 Å². The molecule has 8 heteroatoms. The zero-order chi connectivity index (χ0) is 19.4. The summed E-state index contributed by atoms with van der Waals surface area (Å²) >= 11 is 0. The molecule has 8 nitrogen and oxygen atoms in total. The Morgan fingerprint density at radius 1 is 1.27 bits per heavy atom. The van der Waals surface area contributed by atoms with Crippen molar-refractivity contribution in [3.05, 3.63) is 0 Å². The average Bonchev–Trinajstić information content (AvgIpc) is 2.63. The quantitative estimate of drug-likeness (QED) is 0.323. The molecule has 2 N–H and O–H groups in total. The lowest BCUT2D eigenvalue weighted by Crippen LogP contribution is -2.56. The molecule has 0 spiro atoms. The first kappa shape index (κ1) is 22.7. The number of rotatable bonds is 10. The Labute approximate surface area is 158 Å². The highest BCUT2D eigenvalue weighted by Crippen LogP contribution is 2.14. The smallest absolute Gasteiger partial charge is 0.243 e. The summed E-state index contributed by atoms with van der Waals surface area (Å²) in [6, 6.07) is 0. The zero-order valence-corrected chi connectivity index (χ0v) is 17.1. The first-order valence-corrected chi connectivity index (χ1v) is 9.49. The molecule has 1 amide bonds. The van der Waals surface area contributed by atoms with E-state index in [9.17, 15) is 4.79 Å². The highest BCUT2D eigenvalue weighted by atomic mass is 16.5. The molecular formula is C18H37N5O3. The Kier molecular flexibility index (Phi) is 10.5. The number of hydrogen-bond donors (Lipinski definition) is 2. The third-order valence-corrected chi connectivity index (χ3v) is 4.39. The van der Waals surface area contributed by atoms with Crippen LogP contribution >= 0.6 is 0 Å². The highest BCUT2D eigenvalue weighted by molar-refractivity contribution is 5.84. The molecule has 1 rings (SSSR count). The Bertz CT molecular complexity index is 435. The van der Waals surface area contributed by atoms with Crippen molar-refractivity contribution in [2.75, 3.05) is 73.2 Å². The maximum atomic E-state index is 11.8. The molecule has 0 aromatic carbocycles. The van der Waals surface area contributed by atoms with E-state index in [1.165, 1.54) is 0 Å². The Hall–Kier alpha value is -1.38. The molecule has 0 bridgehead atoms. The summed E-state index contributed by atoms with van der Waals surface area (Å²) in [4.78, 5) is 20.2. The topological polar surface area (TPSA) is 78.4 Å². The standard InChI is InChI=1S/C18H37N5O3/c1-6-25-11-7-8-19-17(20-14-16(24)22(4)5)21-15-18(2,3)23-9-12-26-13-10-23/h6-15H2,1-5H3,(H2,19,20,21). The van der Waals surface area contributed by atoms with Gasteiger partial charge in [0.1, 0.15) is 6.54 Å². The lowest BCUT2D eigenvalue weighted by molar-refractivity contribution is -0.127. The third kappa shape index (κ3) is 8.82. The van der Waals surface area contributed by atoms with Gasteiger partial charge in [0.25, 0.3) is 0 Å². The molecule has 1 fully saturated rings. The van der Waals surface area contributed by atoms with Crippen molar-refractivity contribution >= 4 is 11.9 Å². The van der Waals surface area contributed by atoms with Crippen LogP contribution in [0, 0.1) is 0 Å². The molecule has 0 unspecified atom stereocenters. The van der Waals surface area contributed by atoms with Gasteiger partial charge < -0.3 is 25.0 Å². The molecule has 1 heterocycles. The summed E-state index contributed by atoms with van der Waals surface area (Å²) < 4.78 is 10.8. The van der Waals surface area contributed by atoms with Gasteiger partial charge in [0.05, 0.1) is 13.2 Å². The summed E-state index contributed by atoms with van der Waals surface area (Å²) in [5, 5.41) is 6.68. The van der Waals surface area contributed by atoms with Crippen molar-refractivity contribution in [1.29, 1.82) is 0 Å². The van der Waals surface area contributed by atoms with Gasteiger partial charge in [-0.2, -0.15) is 0 Å². The second-order valence-electron chi connectivity index (χ2n) is 7.20. The van der Waals surface area contributed by atoms with E-state index in [4.69, 9.17) is 9.47 Å². The van der Waals surface area contributed by atoms with Crippen LogP contribution in [0.2, 0.25) is 0 Å². The summed E-state index contributed by atoms with van der Waals surface area (Å²) in [7, 11) is 3.48. The first-order chi connectivity index (χ1) is 12.4. The number of nitrogens with one attached hydrogen (secondary N) is 2. The number of amides is 1. The summed E-state index contributed by atoms with van der Waals surface area (Å²) in [5.41, 5.74) is -0.0247. The van der Waals surface area contributed by atoms with Gasteiger partial charge in [0.15, 0.2) is 5.96 Å². The van der Waals surface area contributed by atoms with E-state index in [1.807, 2.05) is 6.92 Å². The Morgan fingerprint density at radius 3 is 2.58 bits per heavy atom. The monoisotopic (exact) mass is 371 g/mol. The highest BCUT2D eigenvalue weighted by Gasteiger charge is 2.28. The van der Waals surface area contributed by atoms with E-state index in [0.717, 1.165) is 52.4 Å².